The van der Waals surface area contributed by atoms with Gasteiger partial charge in [-0.1, -0.05) is 31.5 Å². The molecule has 0 saturated carbocycles. The van der Waals surface area contributed by atoms with Crippen LogP contribution in [0.15, 0.2) is 18.2 Å². The first-order valence-corrected chi connectivity index (χ1v) is 5.05. The third kappa shape index (κ3) is 2.74. The number of rotatable bonds is 3. The number of hydrogen-bond acceptors (Lipinski definition) is 2. The summed E-state index contributed by atoms with van der Waals surface area (Å²) in [5.74, 6) is 0.855. The largest absolute Gasteiger partial charge is 0.508 e. The molecule has 0 bridgehead atoms. The topological polar surface area (TPSA) is 46.2 Å². The molecule has 78 valence electrons. The molecule has 0 spiro atoms. The molecule has 0 aliphatic carbocycles. The zero-order valence-electron chi connectivity index (χ0n) is 9.12. The summed E-state index contributed by atoms with van der Waals surface area (Å²) in [5.41, 5.74) is 8.00. The fraction of sp³-hybridized carbons (Fsp3) is 0.500. The number of nitrogens with two attached hydrogens (primary N) is 1. The molecule has 1 rings (SSSR count). The fourth-order valence-electron chi connectivity index (χ4n) is 1.61. The molecule has 2 nitrogen and oxygen atoms in total. The highest BCUT2D eigenvalue weighted by Crippen LogP contribution is 2.27. The van der Waals surface area contributed by atoms with Gasteiger partial charge in [0.15, 0.2) is 0 Å². The van der Waals surface area contributed by atoms with Crippen molar-refractivity contribution in [2.75, 3.05) is 0 Å². The van der Waals surface area contributed by atoms with Gasteiger partial charge in [-0.15, -0.1) is 0 Å². The molecule has 1 aromatic carbocycles. The number of hydrogen-bond donors (Lipinski definition) is 2. The van der Waals surface area contributed by atoms with Gasteiger partial charge in [0.2, 0.25) is 0 Å². The van der Waals surface area contributed by atoms with E-state index in [4.69, 9.17) is 5.73 Å². The van der Waals surface area contributed by atoms with Gasteiger partial charge in [-0.2, -0.15) is 0 Å². The van der Waals surface area contributed by atoms with Crippen LogP contribution in [0.2, 0.25) is 0 Å². The van der Waals surface area contributed by atoms with Crippen molar-refractivity contribution in [2.45, 2.75) is 33.2 Å². The van der Waals surface area contributed by atoms with Gasteiger partial charge in [0.05, 0.1) is 0 Å². The SMILES string of the molecule is Cc1ccc(O)c([C@H](N)CC(C)C)c1. The quantitative estimate of drug-likeness (QED) is 0.775. The van der Waals surface area contributed by atoms with Gasteiger partial charge in [0, 0.05) is 11.6 Å². The molecule has 1 aromatic rings. The summed E-state index contributed by atoms with van der Waals surface area (Å²) in [4.78, 5) is 0. The minimum atomic E-state index is -0.0603. The van der Waals surface area contributed by atoms with Crippen LogP contribution in [-0.2, 0) is 0 Å². The predicted octanol–water partition coefficient (Wildman–Crippen LogP) is 2.75. The van der Waals surface area contributed by atoms with Crippen LogP contribution in [0, 0.1) is 12.8 Å². The summed E-state index contributed by atoms with van der Waals surface area (Å²) in [6.45, 7) is 6.27. The zero-order chi connectivity index (χ0) is 10.7. The van der Waals surface area contributed by atoms with E-state index in [1.54, 1.807) is 6.07 Å². The van der Waals surface area contributed by atoms with Crippen molar-refractivity contribution in [2.24, 2.45) is 11.7 Å². The first kappa shape index (κ1) is 11.1. The van der Waals surface area contributed by atoms with E-state index in [1.807, 2.05) is 19.1 Å². The number of aryl methyl sites for hydroxylation is 1. The summed E-state index contributed by atoms with van der Waals surface area (Å²) in [6.07, 6.45) is 0.900. The van der Waals surface area contributed by atoms with Gasteiger partial charge in [-0.05, 0) is 25.3 Å². The van der Waals surface area contributed by atoms with Gasteiger partial charge in [0.25, 0.3) is 0 Å². The lowest BCUT2D eigenvalue weighted by Crippen LogP contribution is -2.13. The van der Waals surface area contributed by atoms with E-state index in [1.165, 1.54) is 0 Å². The maximum Gasteiger partial charge on any atom is 0.120 e. The Morgan fingerprint density at radius 2 is 2.00 bits per heavy atom. The molecule has 0 saturated heterocycles. The van der Waals surface area contributed by atoms with Gasteiger partial charge < -0.3 is 10.8 Å². The number of phenolic OH excluding ortho intramolecular Hbond substituents is 1. The lowest BCUT2D eigenvalue weighted by molar-refractivity contribution is 0.445. The second kappa shape index (κ2) is 4.47. The molecule has 1 atom stereocenters. The van der Waals surface area contributed by atoms with Crippen LogP contribution >= 0.6 is 0 Å². The highest BCUT2D eigenvalue weighted by atomic mass is 16.3. The Kier molecular flexibility index (Phi) is 3.53. The van der Waals surface area contributed by atoms with Gasteiger partial charge >= 0.3 is 0 Å². The minimum absolute atomic E-state index is 0.0603. The lowest BCUT2D eigenvalue weighted by Gasteiger charge is -2.16. The van der Waals surface area contributed by atoms with Crippen LogP contribution in [0.4, 0.5) is 0 Å². The van der Waals surface area contributed by atoms with Crippen molar-refractivity contribution < 1.29 is 5.11 Å². The number of benzene rings is 1. The van der Waals surface area contributed by atoms with Crippen LogP contribution in [0.25, 0.3) is 0 Å². The van der Waals surface area contributed by atoms with Crippen molar-refractivity contribution >= 4 is 0 Å². The fourth-order valence-corrected chi connectivity index (χ4v) is 1.61. The maximum absolute atomic E-state index is 9.64. The summed E-state index contributed by atoms with van der Waals surface area (Å²) in [5, 5.41) is 9.64. The average Bonchev–Trinajstić information content (AvgIpc) is 2.08. The Morgan fingerprint density at radius 3 is 2.57 bits per heavy atom. The standard InChI is InChI=1S/C12H19NO/c1-8(2)6-11(13)10-7-9(3)4-5-12(10)14/h4-5,7-8,11,14H,6,13H2,1-3H3/t11-/m1/s1. The van der Waals surface area contributed by atoms with Gasteiger partial charge in [0.1, 0.15) is 5.75 Å². The van der Waals surface area contributed by atoms with Crippen molar-refractivity contribution in [3.8, 4) is 5.75 Å². The van der Waals surface area contributed by atoms with Crippen molar-refractivity contribution in [3.05, 3.63) is 29.3 Å². The second-order valence-corrected chi connectivity index (χ2v) is 4.30. The molecule has 0 amide bonds. The molecular formula is C12H19NO. The molecule has 0 aromatic heterocycles. The number of phenols is 1. The highest BCUT2D eigenvalue weighted by molar-refractivity contribution is 5.37. The maximum atomic E-state index is 9.64. The molecule has 0 aliphatic heterocycles. The normalized spacial score (nSPS) is 13.2. The third-order valence-electron chi connectivity index (χ3n) is 2.31. The Balaban J connectivity index is 2.88. The summed E-state index contributed by atoms with van der Waals surface area (Å²) in [6, 6.07) is 5.50. The average molecular weight is 193 g/mol. The van der Waals surface area contributed by atoms with Gasteiger partial charge in [-0.3, -0.25) is 0 Å². The molecular weight excluding hydrogens is 174 g/mol. The summed E-state index contributed by atoms with van der Waals surface area (Å²) < 4.78 is 0. The van der Waals surface area contributed by atoms with Crippen LogP contribution in [0.1, 0.15) is 37.4 Å². The van der Waals surface area contributed by atoms with E-state index in [0.717, 1.165) is 17.5 Å². The van der Waals surface area contributed by atoms with Crippen LogP contribution in [-0.4, -0.2) is 5.11 Å². The molecule has 0 unspecified atom stereocenters. The second-order valence-electron chi connectivity index (χ2n) is 4.30. The molecule has 0 fully saturated rings. The Labute approximate surface area is 85.8 Å². The predicted molar refractivity (Wildman–Crippen MR) is 59.2 cm³/mol. The Bertz CT molecular complexity index is 307. The Hall–Kier alpha value is -1.02. The van der Waals surface area contributed by atoms with E-state index in [-0.39, 0.29) is 6.04 Å². The molecule has 0 heterocycles. The van der Waals surface area contributed by atoms with Crippen molar-refractivity contribution in [1.29, 1.82) is 0 Å². The molecule has 3 N–H and O–H groups in total. The molecule has 0 radical (unpaired) electrons. The lowest BCUT2D eigenvalue weighted by atomic mass is 9.96. The first-order valence-electron chi connectivity index (χ1n) is 5.05. The van der Waals surface area contributed by atoms with Crippen LogP contribution in [0.3, 0.4) is 0 Å². The number of aromatic hydroxyl groups is 1. The first-order chi connectivity index (χ1) is 6.50. The van der Waals surface area contributed by atoms with Gasteiger partial charge in [-0.25, -0.2) is 0 Å². The third-order valence-corrected chi connectivity index (χ3v) is 2.31. The van der Waals surface area contributed by atoms with E-state index < -0.39 is 0 Å². The molecule has 14 heavy (non-hydrogen) atoms. The Morgan fingerprint density at radius 1 is 1.36 bits per heavy atom. The van der Waals surface area contributed by atoms with E-state index in [2.05, 4.69) is 13.8 Å². The molecule has 2 heteroatoms. The van der Waals surface area contributed by atoms with E-state index >= 15 is 0 Å². The smallest absolute Gasteiger partial charge is 0.120 e. The van der Waals surface area contributed by atoms with Crippen LogP contribution < -0.4 is 5.73 Å². The molecule has 0 aliphatic rings. The zero-order valence-corrected chi connectivity index (χ0v) is 9.12. The van der Waals surface area contributed by atoms with Crippen molar-refractivity contribution in [1.82, 2.24) is 0 Å². The summed E-state index contributed by atoms with van der Waals surface area (Å²) in [7, 11) is 0. The highest BCUT2D eigenvalue weighted by Gasteiger charge is 2.12. The van der Waals surface area contributed by atoms with Crippen LogP contribution in [0.5, 0.6) is 5.75 Å². The monoisotopic (exact) mass is 193 g/mol. The van der Waals surface area contributed by atoms with E-state index in [9.17, 15) is 5.11 Å². The van der Waals surface area contributed by atoms with Crippen molar-refractivity contribution in [3.63, 3.8) is 0 Å². The van der Waals surface area contributed by atoms with E-state index in [0.29, 0.717) is 11.7 Å². The minimum Gasteiger partial charge on any atom is -0.508 e. The summed E-state index contributed by atoms with van der Waals surface area (Å²) >= 11 is 0.